The van der Waals surface area contributed by atoms with Crippen LogP contribution in [0.5, 0.6) is 5.75 Å². The van der Waals surface area contributed by atoms with Gasteiger partial charge in [0.1, 0.15) is 11.6 Å². The van der Waals surface area contributed by atoms with Gasteiger partial charge in [0.15, 0.2) is 0 Å². The van der Waals surface area contributed by atoms with Gasteiger partial charge in [0.25, 0.3) is 0 Å². The number of benzene rings is 2. The highest BCUT2D eigenvalue weighted by Gasteiger charge is 2.17. The van der Waals surface area contributed by atoms with Gasteiger partial charge in [-0.1, -0.05) is 0 Å². The van der Waals surface area contributed by atoms with Crippen molar-refractivity contribution < 1.29 is 13.2 Å². The van der Waals surface area contributed by atoms with Gasteiger partial charge in [-0.2, -0.15) is 0 Å². The maximum atomic E-state index is 11.5. The molecule has 0 radical (unpaired) electrons. The van der Waals surface area contributed by atoms with E-state index in [1.165, 1.54) is 17.7 Å². The molecule has 1 aromatic heterocycles. The van der Waals surface area contributed by atoms with Crippen LogP contribution in [0.15, 0.2) is 41.3 Å². The van der Waals surface area contributed by atoms with Crippen LogP contribution >= 0.6 is 0 Å². The third kappa shape index (κ3) is 2.29. The molecule has 3 aromatic rings. The normalized spacial score (nSPS) is 14.0. The Morgan fingerprint density at radius 3 is 2.83 bits per heavy atom. The molecule has 7 heteroatoms. The van der Waals surface area contributed by atoms with Crippen molar-refractivity contribution in [3.05, 3.63) is 42.0 Å². The van der Waals surface area contributed by atoms with Crippen molar-refractivity contribution in [1.82, 2.24) is 9.55 Å². The van der Waals surface area contributed by atoms with E-state index in [0.29, 0.717) is 12.1 Å². The average molecular weight is 329 g/mol. The van der Waals surface area contributed by atoms with E-state index in [-0.39, 0.29) is 4.90 Å². The number of primary sulfonamides is 1. The zero-order valence-electron chi connectivity index (χ0n) is 12.5. The van der Waals surface area contributed by atoms with Crippen LogP contribution < -0.4 is 9.88 Å². The maximum Gasteiger partial charge on any atom is 0.238 e. The summed E-state index contributed by atoms with van der Waals surface area (Å²) < 4.78 is 30.5. The first kappa shape index (κ1) is 14.2. The van der Waals surface area contributed by atoms with Crippen molar-refractivity contribution in [3.63, 3.8) is 0 Å². The molecule has 2 aromatic carbocycles. The number of sulfonamides is 1. The number of nitrogens with two attached hydrogens (primary N) is 1. The van der Waals surface area contributed by atoms with E-state index < -0.39 is 10.0 Å². The summed E-state index contributed by atoms with van der Waals surface area (Å²) in [5, 5.41) is 5.19. The summed E-state index contributed by atoms with van der Waals surface area (Å²) in [6.07, 6.45) is 0.892. The molecule has 0 amide bonds. The maximum absolute atomic E-state index is 11.5. The van der Waals surface area contributed by atoms with Crippen LogP contribution in [0, 0.1) is 0 Å². The van der Waals surface area contributed by atoms with Gasteiger partial charge in [0, 0.05) is 19.0 Å². The van der Waals surface area contributed by atoms with Crippen molar-refractivity contribution in [1.29, 1.82) is 0 Å². The molecular weight excluding hydrogens is 314 g/mol. The Balaban J connectivity index is 1.89. The van der Waals surface area contributed by atoms with Gasteiger partial charge in [0.05, 0.1) is 22.5 Å². The molecule has 1 aliphatic rings. The monoisotopic (exact) mass is 329 g/mol. The van der Waals surface area contributed by atoms with Gasteiger partial charge in [-0.3, -0.25) is 0 Å². The van der Waals surface area contributed by atoms with E-state index in [0.717, 1.165) is 29.1 Å². The van der Waals surface area contributed by atoms with Crippen LogP contribution in [-0.4, -0.2) is 24.6 Å². The molecule has 0 aliphatic carbocycles. The third-order valence-electron chi connectivity index (χ3n) is 4.13. The van der Waals surface area contributed by atoms with Crippen LogP contribution in [0.1, 0.15) is 5.56 Å². The first-order valence-electron chi connectivity index (χ1n) is 7.19. The minimum atomic E-state index is -3.74. The second kappa shape index (κ2) is 4.81. The lowest BCUT2D eigenvalue weighted by Gasteiger charge is -2.05. The molecule has 6 nitrogen and oxygen atoms in total. The summed E-state index contributed by atoms with van der Waals surface area (Å²) in [6, 6.07) is 10.7. The largest absolute Gasteiger partial charge is 0.493 e. The number of nitrogens with zero attached hydrogens (tertiary/aromatic N) is 2. The number of ether oxygens (including phenoxy) is 1. The first-order valence-corrected chi connectivity index (χ1v) is 8.73. The fourth-order valence-corrected chi connectivity index (χ4v) is 3.47. The SMILES string of the molecule is Cn1c(-c2ccc3c(c2)CCO3)nc2cc(S(N)(=O)=O)ccc21. The molecule has 23 heavy (non-hydrogen) atoms. The number of rotatable bonds is 2. The highest BCUT2D eigenvalue weighted by atomic mass is 32.2. The Kier molecular flexibility index (Phi) is 2.97. The lowest BCUT2D eigenvalue weighted by Crippen LogP contribution is -2.11. The van der Waals surface area contributed by atoms with Crippen molar-refractivity contribution in [2.24, 2.45) is 12.2 Å². The standard InChI is InChI=1S/C16H15N3O3S/c1-19-14-4-3-12(23(17,20)21)9-13(14)18-16(19)11-2-5-15-10(8-11)6-7-22-15/h2-5,8-9H,6-7H2,1H3,(H2,17,20,21). The Labute approximate surface area is 133 Å². The van der Waals surface area contributed by atoms with Gasteiger partial charge in [-0.05, 0) is 42.0 Å². The molecule has 2 N–H and O–H groups in total. The number of hydrogen-bond acceptors (Lipinski definition) is 4. The molecule has 0 unspecified atom stereocenters. The fourth-order valence-electron chi connectivity index (χ4n) is 2.94. The van der Waals surface area contributed by atoms with E-state index in [1.807, 2.05) is 23.7 Å². The number of imidazole rings is 1. The lowest BCUT2D eigenvalue weighted by molar-refractivity contribution is 0.357. The zero-order valence-corrected chi connectivity index (χ0v) is 13.3. The summed E-state index contributed by atoms with van der Waals surface area (Å²) >= 11 is 0. The third-order valence-corrected chi connectivity index (χ3v) is 5.04. The van der Waals surface area contributed by atoms with Crippen LogP contribution in [0.2, 0.25) is 0 Å². The van der Waals surface area contributed by atoms with Gasteiger partial charge >= 0.3 is 0 Å². The Morgan fingerprint density at radius 2 is 2.04 bits per heavy atom. The predicted octanol–water partition coefficient (Wildman–Crippen LogP) is 1.82. The molecule has 0 saturated heterocycles. The van der Waals surface area contributed by atoms with Crippen LogP contribution in [-0.2, 0) is 23.5 Å². The van der Waals surface area contributed by atoms with Gasteiger partial charge in [-0.25, -0.2) is 18.5 Å². The van der Waals surface area contributed by atoms with E-state index in [1.54, 1.807) is 6.07 Å². The van der Waals surface area contributed by atoms with Crippen molar-refractivity contribution in [2.75, 3.05) is 6.61 Å². The Hall–Kier alpha value is -2.38. The van der Waals surface area contributed by atoms with Crippen molar-refractivity contribution in [3.8, 4) is 17.1 Å². The predicted molar refractivity (Wildman–Crippen MR) is 86.7 cm³/mol. The van der Waals surface area contributed by atoms with Crippen LogP contribution in [0.25, 0.3) is 22.4 Å². The molecule has 0 bridgehead atoms. The molecule has 0 saturated carbocycles. The number of hydrogen-bond donors (Lipinski definition) is 1. The van der Waals surface area contributed by atoms with Gasteiger partial charge in [0.2, 0.25) is 10.0 Å². The smallest absolute Gasteiger partial charge is 0.238 e. The molecule has 1 aliphatic heterocycles. The lowest BCUT2D eigenvalue weighted by atomic mass is 10.1. The first-order chi connectivity index (χ1) is 10.9. The summed E-state index contributed by atoms with van der Waals surface area (Å²) in [5.74, 6) is 1.70. The number of fused-ring (bicyclic) bond motifs is 2. The van der Waals surface area contributed by atoms with Crippen LogP contribution in [0.4, 0.5) is 0 Å². The molecule has 4 rings (SSSR count). The van der Waals surface area contributed by atoms with E-state index in [4.69, 9.17) is 9.88 Å². The molecule has 0 fully saturated rings. The van der Waals surface area contributed by atoms with Gasteiger partial charge < -0.3 is 9.30 Å². The number of aryl methyl sites for hydroxylation is 1. The topological polar surface area (TPSA) is 87.2 Å². The highest BCUT2D eigenvalue weighted by molar-refractivity contribution is 7.89. The molecule has 118 valence electrons. The Bertz CT molecular complexity index is 1040. The van der Waals surface area contributed by atoms with E-state index in [2.05, 4.69) is 11.1 Å². The molecule has 2 heterocycles. The fraction of sp³-hybridized carbons (Fsp3) is 0.188. The second-order valence-electron chi connectivity index (χ2n) is 5.61. The zero-order chi connectivity index (χ0) is 16.2. The van der Waals surface area contributed by atoms with Crippen molar-refractivity contribution >= 4 is 21.1 Å². The summed E-state index contributed by atoms with van der Waals surface area (Å²) in [6.45, 7) is 0.707. The van der Waals surface area contributed by atoms with Gasteiger partial charge in [-0.15, -0.1) is 0 Å². The van der Waals surface area contributed by atoms with Crippen LogP contribution in [0.3, 0.4) is 0 Å². The second-order valence-corrected chi connectivity index (χ2v) is 7.17. The minimum absolute atomic E-state index is 0.0667. The quantitative estimate of drug-likeness (QED) is 0.777. The Morgan fingerprint density at radius 1 is 1.22 bits per heavy atom. The van der Waals surface area contributed by atoms with E-state index >= 15 is 0 Å². The van der Waals surface area contributed by atoms with E-state index in [9.17, 15) is 8.42 Å². The molecule has 0 atom stereocenters. The molecule has 0 spiro atoms. The summed E-state index contributed by atoms with van der Waals surface area (Å²) in [5.41, 5.74) is 3.60. The highest BCUT2D eigenvalue weighted by Crippen LogP contribution is 2.31. The molecular formula is C16H15N3O3S. The summed E-state index contributed by atoms with van der Waals surface area (Å²) in [7, 11) is -1.83. The number of aromatic nitrogens is 2. The van der Waals surface area contributed by atoms with Crippen molar-refractivity contribution in [2.45, 2.75) is 11.3 Å². The minimum Gasteiger partial charge on any atom is -0.493 e. The summed E-state index contributed by atoms with van der Waals surface area (Å²) in [4.78, 5) is 4.65. The average Bonchev–Trinajstić information content (AvgIpc) is 3.10.